The van der Waals surface area contributed by atoms with Crippen molar-refractivity contribution in [1.82, 2.24) is 10.6 Å². The largest absolute Gasteiger partial charge is 0.395 e. The van der Waals surface area contributed by atoms with Crippen LogP contribution in [0.5, 0.6) is 0 Å². The predicted molar refractivity (Wildman–Crippen MR) is 105 cm³/mol. The number of hydrogen-bond donors (Lipinski definition) is 3. The fourth-order valence-electron chi connectivity index (χ4n) is 1.99. The summed E-state index contributed by atoms with van der Waals surface area (Å²) in [6.45, 7) is 13.9. The van der Waals surface area contributed by atoms with E-state index in [1.165, 1.54) is 12.8 Å². The van der Waals surface area contributed by atoms with Gasteiger partial charge in [0.1, 0.15) is 0 Å². The minimum Gasteiger partial charge on any atom is -0.395 e. The molecule has 1 aliphatic rings. The number of amides is 1. The molecule has 138 valence electrons. The minimum absolute atomic E-state index is 0.0285. The molecule has 1 rings (SSSR count). The van der Waals surface area contributed by atoms with Crippen molar-refractivity contribution in [3.63, 3.8) is 0 Å². The first kappa shape index (κ1) is 24.6. The van der Waals surface area contributed by atoms with Crippen LogP contribution in [0.4, 0.5) is 0 Å². The molecule has 24 heavy (non-hydrogen) atoms. The third-order valence-corrected chi connectivity index (χ3v) is 3.26. The normalized spacial score (nSPS) is 12.8. The molecule has 0 bridgehead atoms. The smallest absolute Gasteiger partial charge is 0.247 e. The molecule has 1 amide bonds. The van der Waals surface area contributed by atoms with Crippen molar-refractivity contribution in [2.75, 3.05) is 26.7 Å². The van der Waals surface area contributed by atoms with Crippen LogP contribution >= 0.6 is 0 Å². The molecular weight excluding hydrogens is 300 g/mol. The van der Waals surface area contributed by atoms with Gasteiger partial charge in [-0.3, -0.25) is 4.79 Å². The molecule has 4 heteroatoms. The second-order valence-corrected chi connectivity index (χ2v) is 4.98. The molecule has 0 spiro atoms. The summed E-state index contributed by atoms with van der Waals surface area (Å²) in [7, 11) is 1.64. The summed E-state index contributed by atoms with van der Waals surface area (Å²) < 4.78 is 0. The van der Waals surface area contributed by atoms with Crippen molar-refractivity contribution in [3.8, 4) is 0 Å². The highest BCUT2D eigenvalue weighted by Crippen LogP contribution is 2.21. The molecule has 0 fully saturated rings. The van der Waals surface area contributed by atoms with Gasteiger partial charge in [0, 0.05) is 19.2 Å². The van der Waals surface area contributed by atoms with E-state index >= 15 is 0 Å². The zero-order valence-electron chi connectivity index (χ0n) is 16.1. The van der Waals surface area contributed by atoms with E-state index in [1.54, 1.807) is 13.1 Å². The Morgan fingerprint density at radius 2 is 2.04 bits per heavy atom. The molecule has 0 radical (unpaired) electrons. The monoisotopic (exact) mass is 336 g/mol. The highest BCUT2D eigenvalue weighted by molar-refractivity contribution is 5.95. The number of allylic oxidation sites excluding steroid dienone is 6. The van der Waals surface area contributed by atoms with Gasteiger partial charge < -0.3 is 15.7 Å². The molecule has 0 atom stereocenters. The first-order chi connectivity index (χ1) is 11.6. The van der Waals surface area contributed by atoms with Crippen LogP contribution in [-0.2, 0) is 4.79 Å². The molecule has 0 aliphatic heterocycles. The lowest BCUT2D eigenvalue weighted by Gasteiger charge is -2.08. The van der Waals surface area contributed by atoms with Crippen LogP contribution in [0.3, 0.4) is 0 Å². The molecule has 0 aromatic rings. The lowest BCUT2D eigenvalue weighted by Crippen LogP contribution is -2.21. The molecule has 0 heterocycles. The highest BCUT2D eigenvalue weighted by atomic mass is 16.3. The summed E-state index contributed by atoms with van der Waals surface area (Å²) in [5.74, 6) is -0.0285. The number of aliphatic hydroxyl groups excluding tert-OH is 1. The van der Waals surface area contributed by atoms with Gasteiger partial charge in [-0.15, -0.1) is 0 Å². The summed E-state index contributed by atoms with van der Waals surface area (Å²) >= 11 is 0. The van der Waals surface area contributed by atoms with Gasteiger partial charge in [0.05, 0.1) is 6.61 Å². The lowest BCUT2D eigenvalue weighted by atomic mass is 10.00. The van der Waals surface area contributed by atoms with Crippen LogP contribution in [0, 0.1) is 0 Å². The van der Waals surface area contributed by atoms with E-state index in [0.717, 1.165) is 29.8 Å². The molecule has 0 saturated heterocycles. The Balaban J connectivity index is 0. The molecule has 0 aromatic heterocycles. The number of unbranched alkanes of at least 4 members (excludes halogenated alkanes) is 1. The fraction of sp³-hybridized carbons (Fsp3) is 0.550. The third kappa shape index (κ3) is 11.0. The summed E-state index contributed by atoms with van der Waals surface area (Å²) in [5.41, 5.74) is 2.80. The van der Waals surface area contributed by atoms with Crippen molar-refractivity contribution in [2.45, 2.75) is 47.0 Å². The molecule has 0 aromatic carbocycles. The summed E-state index contributed by atoms with van der Waals surface area (Å²) in [6, 6.07) is 0. The topological polar surface area (TPSA) is 61.4 Å². The maximum Gasteiger partial charge on any atom is 0.247 e. The number of nitrogens with one attached hydrogen (secondary N) is 2. The standard InChI is InChI=1S/C12H15NO.C6H15NO.C2H6/c1-4-10-9(2)7-5-6-8-11(10)12(14)13-3;1-2-3-4-7-5-6-8;1-2/h4-7H,1,8H2,2-3H3,(H,13,14);7-8H,2-6H2,1H3;1-2H3. The van der Waals surface area contributed by atoms with E-state index in [2.05, 4.69) is 24.1 Å². The maximum atomic E-state index is 11.6. The van der Waals surface area contributed by atoms with Gasteiger partial charge in [0.25, 0.3) is 0 Å². The van der Waals surface area contributed by atoms with Crippen LogP contribution in [0.15, 0.2) is 47.6 Å². The molecular formula is C20H36N2O2. The summed E-state index contributed by atoms with van der Waals surface area (Å²) in [4.78, 5) is 11.6. The van der Waals surface area contributed by atoms with Crippen LogP contribution in [0.1, 0.15) is 47.0 Å². The lowest BCUT2D eigenvalue weighted by molar-refractivity contribution is -0.117. The van der Waals surface area contributed by atoms with Crippen LogP contribution in [0.25, 0.3) is 0 Å². The average Bonchev–Trinajstić information content (AvgIpc) is 2.81. The van der Waals surface area contributed by atoms with E-state index in [1.807, 2.05) is 39.0 Å². The first-order valence-electron chi connectivity index (χ1n) is 8.85. The van der Waals surface area contributed by atoms with Crippen molar-refractivity contribution < 1.29 is 9.90 Å². The van der Waals surface area contributed by atoms with E-state index in [4.69, 9.17) is 5.11 Å². The average molecular weight is 337 g/mol. The Labute approximate surface area is 148 Å². The first-order valence-corrected chi connectivity index (χ1v) is 8.85. The van der Waals surface area contributed by atoms with E-state index in [-0.39, 0.29) is 12.5 Å². The molecule has 4 nitrogen and oxygen atoms in total. The molecule has 0 saturated carbocycles. The summed E-state index contributed by atoms with van der Waals surface area (Å²) in [5, 5.41) is 14.0. The predicted octanol–water partition coefficient (Wildman–Crippen LogP) is 3.52. The zero-order chi connectivity index (χ0) is 18.8. The van der Waals surface area contributed by atoms with E-state index in [9.17, 15) is 4.79 Å². The van der Waals surface area contributed by atoms with Crippen molar-refractivity contribution in [1.29, 1.82) is 0 Å². The minimum atomic E-state index is -0.0285. The second-order valence-electron chi connectivity index (χ2n) is 4.98. The Morgan fingerprint density at radius 1 is 1.38 bits per heavy atom. The van der Waals surface area contributed by atoms with Gasteiger partial charge >= 0.3 is 0 Å². The van der Waals surface area contributed by atoms with Gasteiger partial charge in [-0.1, -0.05) is 58.1 Å². The number of likely N-dealkylation sites (N-methyl/N-ethyl adjacent to an activating group) is 1. The van der Waals surface area contributed by atoms with Crippen LogP contribution in [-0.4, -0.2) is 37.8 Å². The van der Waals surface area contributed by atoms with Gasteiger partial charge in [-0.05, 0) is 37.5 Å². The van der Waals surface area contributed by atoms with Crippen molar-refractivity contribution >= 4 is 5.91 Å². The summed E-state index contributed by atoms with van der Waals surface area (Å²) in [6.07, 6.45) is 10.8. The number of rotatable bonds is 7. The van der Waals surface area contributed by atoms with Crippen LogP contribution in [0.2, 0.25) is 0 Å². The highest BCUT2D eigenvalue weighted by Gasteiger charge is 2.13. The zero-order valence-corrected chi connectivity index (χ0v) is 16.1. The fourth-order valence-corrected chi connectivity index (χ4v) is 1.99. The molecule has 0 unspecified atom stereocenters. The Bertz CT molecular complexity index is 429. The maximum absolute atomic E-state index is 11.6. The van der Waals surface area contributed by atoms with E-state index < -0.39 is 0 Å². The van der Waals surface area contributed by atoms with Gasteiger partial charge in [0.15, 0.2) is 0 Å². The van der Waals surface area contributed by atoms with Gasteiger partial charge in [-0.2, -0.15) is 0 Å². The van der Waals surface area contributed by atoms with Crippen LogP contribution < -0.4 is 10.6 Å². The van der Waals surface area contributed by atoms with Crippen molar-refractivity contribution in [3.05, 3.63) is 47.6 Å². The molecule has 3 N–H and O–H groups in total. The quantitative estimate of drug-likeness (QED) is 0.623. The number of carbonyl (C=O) groups excluding carboxylic acids is 1. The van der Waals surface area contributed by atoms with Gasteiger partial charge in [0.2, 0.25) is 5.91 Å². The van der Waals surface area contributed by atoms with Gasteiger partial charge in [-0.25, -0.2) is 0 Å². The Kier molecular flexibility index (Phi) is 18.1. The van der Waals surface area contributed by atoms with Crippen molar-refractivity contribution in [2.24, 2.45) is 0 Å². The number of carbonyl (C=O) groups is 1. The number of aliphatic hydroxyl groups is 1. The molecule has 1 aliphatic carbocycles. The van der Waals surface area contributed by atoms with E-state index in [0.29, 0.717) is 6.42 Å². The second kappa shape index (κ2) is 17.7. The SMILES string of the molecule is C=CC1=C(C(=O)NC)CC=CC=C1C.CC.CCCCNCCO. The number of hydrogen-bond acceptors (Lipinski definition) is 3. The Hall–Kier alpha value is -1.65. The Morgan fingerprint density at radius 3 is 2.54 bits per heavy atom. The third-order valence-electron chi connectivity index (χ3n) is 3.26.